The van der Waals surface area contributed by atoms with Crippen molar-refractivity contribution in [1.29, 1.82) is 0 Å². The summed E-state index contributed by atoms with van der Waals surface area (Å²) in [5, 5.41) is 0.738. The van der Waals surface area contributed by atoms with Gasteiger partial charge in [0, 0.05) is 49.9 Å². The van der Waals surface area contributed by atoms with E-state index in [-0.39, 0.29) is 5.75 Å². The van der Waals surface area contributed by atoms with Crippen LogP contribution in [0.15, 0.2) is 36.4 Å². The first-order valence-corrected chi connectivity index (χ1v) is 8.64. The van der Waals surface area contributed by atoms with Gasteiger partial charge >= 0.3 is 0 Å². The molecule has 0 saturated carbocycles. The van der Waals surface area contributed by atoms with Gasteiger partial charge in [0.2, 0.25) is 5.82 Å². The number of piperazine rings is 1. The third kappa shape index (κ3) is 4.48. The van der Waals surface area contributed by atoms with Crippen molar-refractivity contribution in [3.63, 3.8) is 0 Å². The largest absolute Gasteiger partial charge is 0.494 e. The van der Waals surface area contributed by atoms with Gasteiger partial charge in [0.15, 0.2) is 11.6 Å². The highest BCUT2D eigenvalue weighted by Gasteiger charge is 2.20. The van der Waals surface area contributed by atoms with Crippen LogP contribution in [0, 0.1) is 11.6 Å². The summed E-state index contributed by atoms with van der Waals surface area (Å²) in [6.07, 6.45) is 0. The first-order valence-electron chi connectivity index (χ1n) is 8.27. The van der Waals surface area contributed by atoms with E-state index in [0.717, 1.165) is 37.7 Å². The maximum absolute atomic E-state index is 14.1. The van der Waals surface area contributed by atoms with E-state index in [0.29, 0.717) is 12.1 Å². The van der Waals surface area contributed by atoms with Gasteiger partial charge in [-0.2, -0.15) is 4.39 Å². The van der Waals surface area contributed by atoms with E-state index in [4.69, 9.17) is 16.3 Å². The maximum atomic E-state index is 14.1. The summed E-state index contributed by atoms with van der Waals surface area (Å²) in [5.74, 6) is -1.79. The number of ether oxygens (including phenoxy) is 1. The molecule has 1 saturated heterocycles. The molecule has 0 radical (unpaired) electrons. The quantitative estimate of drug-likeness (QED) is 0.797. The Morgan fingerprint density at radius 2 is 1.48 bits per heavy atom. The Bertz CT molecular complexity index is 716. The first-order chi connectivity index (χ1) is 12.1. The van der Waals surface area contributed by atoms with Crippen molar-refractivity contribution >= 4 is 11.6 Å². The van der Waals surface area contributed by atoms with Gasteiger partial charge in [0.25, 0.3) is 0 Å². The molecule has 0 amide bonds. The topological polar surface area (TPSA) is 15.7 Å². The van der Waals surface area contributed by atoms with Crippen molar-refractivity contribution in [2.24, 2.45) is 0 Å². The van der Waals surface area contributed by atoms with Crippen LogP contribution in [-0.4, -0.2) is 43.1 Å². The summed E-state index contributed by atoms with van der Waals surface area (Å²) >= 11 is 5.91. The minimum Gasteiger partial charge on any atom is -0.494 e. The van der Waals surface area contributed by atoms with E-state index in [1.165, 1.54) is 18.7 Å². The average molecular weight is 367 g/mol. The fourth-order valence-electron chi connectivity index (χ4n) is 3.05. The standard InChI is InChI=1S/C19H21ClF2N2O/c1-25-17-7-4-15(18(21)19(17)22)13-24-10-8-23(9-11-24)12-14-2-5-16(20)6-3-14/h2-7H,8-13H2,1H3. The normalized spacial score (nSPS) is 16.2. The van der Waals surface area contributed by atoms with Gasteiger partial charge in [-0.05, 0) is 23.8 Å². The highest BCUT2D eigenvalue weighted by molar-refractivity contribution is 6.30. The molecule has 0 unspecified atom stereocenters. The molecule has 1 aliphatic rings. The van der Waals surface area contributed by atoms with Gasteiger partial charge in [-0.15, -0.1) is 0 Å². The molecule has 134 valence electrons. The minimum absolute atomic E-state index is 0.0611. The summed E-state index contributed by atoms with van der Waals surface area (Å²) < 4.78 is 32.7. The van der Waals surface area contributed by atoms with Crippen LogP contribution in [0.25, 0.3) is 0 Å². The fourth-order valence-corrected chi connectivity index (χ4v) is 3.17. The van der Waals surface area contributed by atoms with Crippen molar-refractivity contribution in [3.8, 4) is 5.75 Å². The van der Waals surface area contributed by atoms with Crippen LogP contribution in [0.3, 0.4) is 0 Å². The monoisotopic (exact) mass is 366 g/mol. The molecule has 0 bridgehead atoms. The van der Waals surface area contributed by atoms with E-state index in [2.05, 4.69) is 9.80 Å². The molecule has 1 heterocycles. The van der Waals surface area contributed by atoms with Gasteiger partial charge in [-0.25, -0.2) is 4.39 Å². The van der Waals surface area contributed by atoms with Crippen LogP contribution in [0.4, 0.5) is 8.78 Å². The molecule has 0 spiro atoms. The minimum atomic E-state index is -0.915. The molecule has 6 heteroatoms. The number of hydrogen-bond donors (Lipinski definition) is 0. The molecule has 25 heavy (non-hydrogen) atoms. The third-order valence-corrected chi connectivity index (χ3v) is 4.78. The number of rotatable bonds is 5. The van der Waals surface area contributed by atoms with Crippen LogP contribution >= 0.6 is 11.6 Å². The summed E-state index contributed by atoms with van der Waals surface area (Å²) in [6.45, 7) is 4.70. The van der Waals surface area contributed by atoms with Gasteiger partial charge in [0.1, 0.15) is 0 Å². The molecule has 0 N–H and O–H groups in total. The van der Waals surface area contributed by atoms with E-state index < -0.39 is 11.6 Å². The molecule has 0 aliphatic carbocycles. The number of nitrogens with zero attached hydrogens (tertiary/aromatic N) is 2. The molecule has 3 rings (SSSR count). The summed E-state index contributed by atoms with van der Waals surface area (Å²) in [4.78, 5) is 4.49. The molecule has 0 aromatic heterocycles. The lowest BCUT2D eigenvalue weighted by Crippen LogP contribution is -2.45. The lowest BCUT2D eigenvalue weighted by Gasteiger charge is -2.34. The summed E-state index contributed by atoms with van der Waals surface area (Å²) in [5.41, 5.74) is 1.59. The fraction of sp³-hybridized carbons (Fsp3) is 0.368. The van der Waals surface area contributed by atoms with Crippen molar-refractivity contribution in [2.45, 2.75) is 13.1 Å². The average Bonchev–Trinajstić information content (AvgIpc) is 2.63. The highest BCUT2D eigenvalue weighted by Crippen LogP contribution is 2.23. The second-order valence-corrected chi connectivity index (χ2v) is 6.67. The van der Waals surface area contributed by atoms with Gasteiger partial charge in [-0.3, -0.25) is 9.80 Å². The molecule has 0 atom stereocenters. The lowest BCUT2D eigenvalue weighted by molar-refractivity contribution is 0.121. The van der Waals surface area contributed by atoms with Crippen LogP contribution < -0.4 is 4.74 Å². The Kier molecular flexibility index (Phi) is 5.89. The predicted octanol–water partition coefficient (Wildman–Crippen LogP) is 3.94. The number of benzene rings is 2. The molecule has 1 aliphatic heterocycles. The first kappa shape index (κ1) is 18.1. The number of hydrogen-bond acceptors (Lipinski definition) is 3. The maximum Gasteiger partial charge on any atom is 0.200 e. The molecule has 3 nitrogen and oxygen atoms in total. The Hall–Kier alpha value is -1.69. The molecule has 2 aromatic rings. The molecule has 2 aromatic carbocycles. The Labute approximate surface area is 151 Å². The lowest BCUT2D eigenvalue weighted by atomic mass is 10.1. The zero-order valence-corrected chi connectivity index (χ0v) is 14.9. The van der Waals surface area contributed by atoms with Crippen LogP contribution in [0.2, 0.25) is 5.02 Å². The zero-order chi connectivity index (χ0) is 17.8. The van der Waals surface area contributed by atoms with Gasteiger partial charge in [-0.1, -0.05) is 29.8 Å². The van der Waals surface area contributed by atoms with E-state index >= 15 is 0 Å². The summed E-state index contributed by atoms with van der Waals surface area (Å²) in [6, 6.07) is 10.9. The van der Waals surface area contributed by atoms with Crippen molar-refractivity contribution in [3.05, 3.63) is 64.2 Å². The van der Waals surface area contributed by atoms with Crippen molar-refractivity contribution in [1.82, 2.24) is 9.80 Å². The van der Waals surface area contributed by atoms with E-state index in [9.17, 15) is 8.78 Å². The summed E-state index contributed by atoms with van der Waals surface area (Å²) in [7, 11) is 1.33. The molecular formula is C19H21ClF2N2O. The van der Waals surface area contributed by atoms with Crippen LogP contribution in [-0.2, 0) is 13.1 Å². The second kappa shape index (κ2) is 8.13. The Balaban J connectivity index is 1.54. The Morgan fingerprint density at radius 1 is 0.880 bits per heavy atom. The Morgan fingerprint density at radius 3 is 2.08 bits per heavy atom. The molecule has 1 fully saturated rings. The van der Waals surface area contributed by atoms with Gasteiger partial charge < -0.3 is 4.74 Å². The smallest absolute Gasteiger partial charge is 0.200 e. The SMILES string of the molecule is COc1ccc(CN2CCN(Cc3ccc(Cl)cc3)CC2)c(F)c1F. The van der Waals surface area contributed by atoms with E-state index in [1.54, 1.807) is 6.07 Å². The molecular weight excluding hydrogens is 346 g/mol. The van der Waals surface area contributed by atoms with Gasteiger partial charge in [0.05, 0.1) is 7.11 Å². The van der Waals surface area contributed by atoms with Crippen molar-refractivity contribution < 1.29 is 13.5 Å². The zero-order valence-electron chi connectivity index (χ0n) is 14.1. The second-order valence-electron chi connectivity index (χ2n) is 6.23. The van der Waals surface area contributed by atoms with Crippen LogP contribution in [0.5, 0.6) is 5.75 Å². The predicted molar refractivity (Wildman–Crippen MR) is 94.9 cm³/mol. The third-order valence-electron chi connectivity index (χ3n) is 4.53. The number of halogens is 3. The van der Waals surface area contributed by atoms with E-state index in [1.807, 2.05) is 24.3 Å². The van der Waals surface area contributed by atoms with Crippen LogP contribution in [0.1, 0.15) is 11.1 Å². The highest BCUT2D eigenvalue weighted by atomic mass is 35.5. The number of methoxy groups -OCH3 is 1. The van der Waals surface area contributed by atoms with Crippen molar-refractivity contribution in [2.75, 3.05) is 33.3 Å².